The lowest BCUT2D eigenvalue weighted by molar-refractivity contribution is 0.0702. The molecule has 2 fully saturated rings. The number of sulfonamides is 1. The van der Waals surface area contributed by atoms with Gasteiger partial charge in [0.1, 0.15) is 9.09 Å². The van der Waals surface area contributed by atoms with E-state index in [4.69, 9.17) is 5.11 Å². The van der Waals surface area contributed by atoms with Crippen molar-refractivity contribution in [2.24, 2.45) is 5.92 Å². The fraction of sp³-hybridized carbons (Fsp3) is 0.615. The van der Waals surface area contributed by atoms with Gasteiger partial charge in [-0.15, -0.1) is 11.3 Å². The van der Waals surface area contributed by atoms with Gasteiger partial charge in [0, 0.05) is 12.6 Å². The maximum absolute atomic E-state index is 12.7. The fourth-order valence-electron chi connectivity index (χ4n) is 3.35. The van der Waals surface area contributed by atoms with Gasteiger partial charge in [-0.25, -0.2) is 13.2 Å². The van der Waals surface area contributed by atoms with Crippen molar-refractivity contribution in [3.63, 3.8) is 0 Å². The van der Waals surface area contributed by atoms with Gasteiger partial charge in [0.25, 0.3) is 10.0 Å². The van der Waals surface area contributed by atoms with Gasteiger partial charge in [-0.1, -0.05) is 12.8 Å². The second-order valence-corrected chi connectivity index (χ2v) is 8.64. The molecule has 0 amide bonds. The first kappa shape index (κ1) is 14.0. The average molecular weight is 315 g/mol. The molecule has 0 bridgehead atoms. The largest absolute Gasteiger partial charge is 0.477 e. The van der Waals surface area contributed by atoms with Gasteiger partial charge in [-0.2, -0.15) is 4.31 Å². The van der Waals surface area contributed by atoms with Crippen molar-refractivity contribution in [3.05, 3.63) is 17.0 Å². The number of nitrogens with zero attached hydrogens (tertiary/aromatic N) is 1. The van der Waals surface area contributed by atoms with Gasteiger partial charge in [0.15, 0.2) is 0 Å². The van der Waals surface area contributed by atoms with E-state index < -0.39 is 16.0 Å². The predicted octanol–water partition coefficient (Wildman–Crippen LogP) is 2.40. The lowest BCUT2D eigenvalue weighted by atomic mass is 9.86. The molecule has 3 rings (SSSR count). The Hall–Kier alpha value is -0.920. The van der Waals surface area contributed by atoms with Crippen LogP contribution in [0.5, 0.6) is 0 Å². The highest BCUT2D eigenvalue weighted by molar-refractivity contribution is 7.91. The monoisotopic (exact) mass is 315 g/mol. The highest BCUT2D eigenvalue weighted by atomic mass is 32.2. The molecule has 1 aromatic rings. The van der Waals surface area contributed by atoms with E-state index in [1.807, 2.05) is 0 Å². The van der Waals surface area contributed by atoms with E-state index in [1.54, 1.807) is 4.31 Å². The van der Waals surface area contributed by atoms with Crippen molar-refractivity contribution in [2.75, 3.05) is 6.54 Å². The van der Waals surface area contributed by atoms with Crippen LogP contribution in [0, 0.1) is 5.92 Å². The lowest BCUT2D eigenvalue weighted by Crippen LogP contribution is -2.38. The molecule has 1 saturated carbocycles. The molecule has 1 aliphatic carbocycles. The normalized spacial score (nSPS) is 27.4. The summed E-state index contributed by atoms with van der Waals surface area (Å²) in [6.07, 6.45) is 5.25. The van der Waals surface area contributed by atoms with Crippen LogP contribution < -0.4 is 0 Å². The highest BCUT2D eigenvalue weighted by Gasteiger charge is 2.42. The first-order valence-electron chi connectivity index (χ1n) is 6.85. The molecule has 2 atom stereocenters. The summed E-state index contributed by atoms with van der Waals surface area (Å²) in [5.74, 6) is -0.592. The summed E-state index contributed by atoms with van der Waals surface area (Å²) < 4.78 is 27.1. The van der Waals surface area contributed by atoms with E-state index in [2.05, 4.69) is 0 Å². The summed E-state index contributed by atoms with van der Waals surface area (Å²) in [5.41, 5.74) is 0. The first-order chi connectivity index (χ1) is 9.50. The summed E-state index contributed by atoms with van der Waals surface area (Å²) in [4.78, 5) is 11.0. The van der Waals surface area contributed by atoms with Crippen LogP contribution in [0.15, 0.2) is 16.3 Å². The number of carbonyl (C=O) groups is 1. The molecule has 1 saturated heterocycles. The van der Waals surface area contributed by atoms with Crippen molar-refractivity contribution in [1.82, 2.24) is 4.31 Å². The quantitative estimate of drug-likeness (QED) is 0.929. The van der Waals surface area contributed by atoms with Crippen LogP contribution in [0.25, 0.3) is 0 Å². The standard InChI is InChI=1S/C13H17NO4S2/c15-13(16)11-5-6-12(19-11)20(17,18)14-8-7-9-3-1-2-4-10(9)14/h5-6,9-10H,1-4,7-8H2,(H,15,16). The molecule has 20 heavy (non-hydrogen) atoms. The molecule has 0 radical (unpaired) electrons. The third-order valence-corrected chi connectivity index (χ3v) is 7.78. The summed E-state index contributed by atoms with van der Waals surface area (Å²) in [5, 5.41) is 8.92. The second kappa shape index (κ2) is 5.13. The van der Waals surface area contributed by atoms with Crippen LogP contribution in [0.3, 0.4) is 0 Å². The number of hydrogen-bond donors (Lipinski definition) is 1. The third kappa shape index (κ3) is 2.27. The van der Waals surface area contributed by atoms with E-state index in [0.717, 1.165) is 37.0 Å². The Kier molecular flexibility index (Phi) is 3.60. The molecular formula is C13H17NO4S2. The van der Waals surface area contributed by atoms with Gasteiger partial charge in [-0.05, 0) is 37.3 Å². The summed E-state index contributed by atoms with van der Waals surface area (Å²) in [6, 6.07) is 2.90. The van der Waals surface area contributed by atoms with Gasteiger partial charge in [-0.3, -0.25) is 0 Å². The van der Waals surface area contributed by atoms with Crippen molar-refractivity contribution in [1.29, 1.82) is 0 Å². The molecule has 7 heteroatoms. The molecule has 5 nitrogen and oxygen atoms in total. The van der Waals surface area contributed by atoms with Crippen molar-refractivity contribution in [2.45, 2.75) is 42.4 Å². The Morgan fingerprint density at radius 2 is 2.00 bits per heavy atom. The predicted molar refractivity (Wildman–Crippen MR) is 75.5 cm³/mol. The van der Waals surface area contributed by atoms with Gasteiger partial charge in [0.2, 0.25) is 0 Å². The second-order valence-electron chi connectivity index (χ2n) is 5.44. The van der Waals surface area contributed by atoms with E-state index in [-0.39, 0.29) is 15.1 Å². The van der Waals surface area contributed by atoms with Crippen LogP contribution >= 0.6 is 11.3 Å². The lowest BCUT2D eigenvalue weighted by Gasteiger charge is -2.30. The number of carboxylic acids is 1. The van der Waals surface area contributed by atoms with E-state index in [0.29, 0.717) is 12.5 Å². The van der Waals surface area contributed by atoms with Crippen LogP contribution in [0.1, 0.15) is 41.8 Å². The van der Waals surface area contributed by atoms with Crippen LogP contribution in [-0.2, 0) is 10.0 Å². The van der Waals surface area contributed by atoms with E-state index in [9.17, 15) is 13.2 Å². The molecular weight excluding hydrogens is 298 g/mol. The summed E-state index contributed by atoms with van der Waals surface area (Å²) in [6.45, 7) is 0.567. The van der Waals surface area contributed by atoms with Crippen LogP contribution in [0.4, 0.5) is 0 Å². The smallest absolute Gasteiger partial charge is 0.345 e. The van der Waals surface area contributed by atoms with E-state index in [1.165, 1.54) is 18.6 Å². The first-order valence-corrected chi connectivity index (χ1v) is 9.11. The molecule has 1 aromatic heterocycles. The molecule has 110 valence electrons. The molecule has 0 aromatic carbocycles. The molecule has 1 N–H and O–H groups in total. The molecule has 2 aliphatic rings. The molecule has 0 spiro atoms. The van der Waals surface area contributed by atoms with Crippen LogP contribution in [-0.4, -0.2) is 36.4 Å². The van der Waals surface area contributed by atoms with Gasteiger partial charge >= 0.3 is 5.97 Å². The maximum Gasteiger partial charge on any atom is 0.345 e. The number of carboxylic acid groups (broad SMARTS) is 1. The minimum Gasteiger partial charge on any atom is -0.477 e. The number of hydrogen-bond acceptors (Lipinski definition) is 4. The topological polar surface area (TPSA) is 74.7 Å². The highest BCUT2D eigenvalue weighted by Crippen LogP contribution is 2.40. The fourth-order valence-corrected chi connectivity index (χ4v) is 6.36. The Bertz CT molecular complexity index is 622. The zero-order valence-electron chi connectivity index (χ0n) is 11.0. The number of thiophene rings is 1. The molecule has 2 heterocycles. The Morgan fingerprint density at radius 3 is 2.70 bits per heavy atom. The minimum absolute atomic E-state index is 0.0722. The SMILES string of the molecule is O=C(O)c1ccc(S(=O)(=O)N2CCC3CCCCC32)s1. The van der Waals surface area contributed by atoms with Gasteiger partial charge in [0.05, 0.1) is 0 Å². The number of fused-ring (bicyclic) bond motifs is 1. The Labute approximate surface area is 122 Å². The Balaban J connectivity index is 1.89. The average Bonchev–Trinajstić information content (AvgIpc) is 3.06. The number of rotatable bonds is 3. The van der Waals surface area contributed by atoms with E-state index >= 15 is 0 Å². The van der Waals surface area contributed by atoms with Crippen molar-refractivity contribution >= 4 is 27.3 Å². The maximum atomic E-state index is 12.7. The molecule has 2 unspecified atom stereocenters. The minimum atomic E-state index is -3.53. The summed E-state index contributed by atoms with van der Waals surface area (Å²) >= 11 is 0.845. The van der Waals surface area contributed by atoms with Crippen molar-refractivity contribution in [3.8, 4) is 0 Å². The Morgan fingerprint density at radius 1 is 1.25 bits per heavy atom. The number of aromatic carboxylic acids is 1. The van der Waals surface area contributed by atoms with Gasteiger partial charge < -0.3 is 5.11 Å². The molecule has 1 aliphatic heterocycles. The third-order valence-electron chi connectivity index (χ3n) is 4.31. The van der Waals surface area contributed by atoms with Crippen LogP contribution in [0.2, 0.25) is 0 Å². The van der Waals surface area contributed by atoms with Crippen molar-refractivity contribution < 1.29 is 18.3 Å². The summed E-state index contributed by atoms with van der Waals surface area (Å²) in [7, 11) is -3.53. The zero-order chi connectivity index (χ0) is 14.3. The zero-order valence-corrected chi connectivity index (χ0v) is 12.6.